The molecule has 0 saturated heterocycles. The summed E-state index contributed by atoms with van der Waals surface area (Å²) < 4.78 is 69.1. The number of nitrogens with zero attached hydrogens (tertiary/aromatic N) is 3. The number of ether oxygens (including phenoxy) is 2. The van der Waals surface area contributed by atoms with E-state index in [4.69, 9.17) is 9.47 Å². The highest BCUT2D eigenvalue weighted by molar-refractivity contribution is 8.16. The highest BCUT2D eigenvalue weighted by atomic mass is 32.2. The Balaban J connectivity index is 1.30. The van der Waals surface area contributed by atoms with Gasteiger partial charge in [0.05, 0.1) is 46.5 Å². The van der Waals surface area contributed by atoms with Gasteiger partial charge in [-0.3, -0.25) is 9.59 Å². The number of anilines is 2. The average Bonchev–Trinajstić information content (AvgIpc) is 3.35. The normalized spacial score (nSPS) is 18.8. The van der Waals surface area contributed by atoms with Crippen molar-refractivity contribution in [3.05, 3.63) is 77.9 Å². The van der Waals surface area contributed by atoms with E-state index in [0.29, 0.717) is 31.3 Å². The Morgan fingerprint density at radius 1 is 1.10 bits per heavy atom. The van der Waals surface area contributed by atoms with Crippen molar-refractivity contribution in [3.8, 4) is 5.75 Å². The Morgan fingerprint density at radius 3 is 2.57 bits per heavy atom. The predicted octanol–water partition coefficient (Wildman–Crippen LogP) is 7.95. The fourth-order valence-corrected chi connectivity index (χ4v) is 7.92. The van der Waals surface area contributed by atoms with Crippen LogP contribution in [0.15, 0.2) is 65.6 Å². The monoisotopic (exact) mass is 700 g/mol. The number of nitrogens with one attached hydrogen (secondary N) is 1. The summed E-state index contributed by atoms with van der Waals surface area (Å²) >= 11 is 0. The Labute approximate surface area is 285 Å². The fourth-order valence-electron chi connectivity index (χ4n) is 6.24. The van der Waals surface area contributed by atoms with Gasteiger partial charge in [0.1, 0.15) is 17.4 Å². The molecule has 0 amide bonds. The van der Waals surface area contributed by atoms with E-state index in [2.05, 4.69) is 38.2 Å². The third kappa shape index (κ3) is 8.16. The molecule has 49 heavy (non-hydrogen) atoms. The minimum absolute atomic E-state index is 0.239. The molecule has 262 valence electrons. The molecular formula is C36H40F4N4O4S. The van der Waals surface area contributed by atoms with Crippen LogP contribution >= 0.6 is 10.7 Å². The third-order valence-electron chi connectivity index (χ3n) is 8.91. The summed E-state index contributed by atoms with van der Waals surface area (Å²) in [5.74, 6) is -2.40. The molecule has 13 heteroatoms. The van der Waals surface area contributed by atoms with Crippen LogP contribution < -0.4 is 14.4 Å². The van der Waals surface area contributed by atoms with Crippen LogP contribution in [0.5, 0.6) is 5.75 Å². The van der Waals surface area contributed by atoms with E-state index >= 15 is 0 Å². The number of aryl methyl sites for hydroxylation is 2. The molecule has 1 aliphatic carbocycles. The molecule has 5 rings (SSSR count). The number of hydrogen-bond donors (Lipinski definition) is 1. The highest BCUT2D eigenvalue weighted by Crippen LogP contribution is 2.38. The first-order valence-corrected chi connectivity index (χ1v) is 17.3. The van der Waals surface area contributed by atoms with Gasteiger partial charge in [-0.25, -0.2) is 9.37 Å². The second-order valence-electron chi connectivity index (χ2n) is 12.0. The lowest BCUT2D eigenvalue weighted by molar-refractivity contribution is -0.148. The molecule has 8 nitrogen and oxygen atoms in total. The summed E-state index contributed by atoms with van der Waals surface area (Å²) in [6.45, 7) is 5.86. The van der Waals surface area contributed by atoms with Crippen molar-refractivity contribution in [1.82, 2.24) is 9.55 Å². The van der Waals surface area contributed by atoms with E-state index in [0.717, 1.165) is 39.6 Å². The van der Waals surface area contributed by atoms with E-state index in [1.807, 2.05) is 45.5 Å². The molecule has 0 spiro atoms. The lowest BCUT2D eigenvalue weighted by Crippen LogP contribution is -2.42. The van der Waals surface area contributed by atoms with Gasteiger partial charge in [0.2, 0.25) is 0 Å². The zero-order chi connectivity index (χ0) is 35.5. The number of carbonyl (C=O) groups is 2. The quantitative estimate of drug-likeness (QED) is 0.0736. The maximum atomic E-state index is 14.4. The molecule has 0 bridgehead atoms. The largest absolute Gasteiger partial charge is 0.426 e. The Morgan fingerprint density at radius 2 is 1.88 bits per heavy atom. The molecule has 1 saturated carbocycles. The minimum Gasteiger partial charge on any atom is -0.426 e. The number of ketones is 1. The molecular weight excluding hydrogens is 660 g/mol. The first kappa shape index (κ1) is 36.1. The van der Waals surface area contributed by atoms with Crippen LogP contribution in [-0.4, -0.2) is 53.0 Å². The first-order valence-electron chi connectivity index (χ1n) is 16.1. The molecule has 1 N–H and O–H groups in total. The van der Waals surface area contributed by atoms with E-state index in [1.165, 1.54) is 0 Å². The summed E-state index contributed by atoms with van der Waals surface area (Å²) in [5, 5.41) is 4.71. The molecule has 1 aliphatic rings. The molecule has 3 aromatic carbocycles. The number of fused-ring (bicyclic) bond motifs is 1. The third-order valence-corrected chi connectivity index (χ3v) is 10.9. The molecule has 4 atom stereocenters. The molecule has 0 radical (unpaired) electrons. The number of imidazole rings is 1. The maximum Gasteiger partial charge on any atom is 0.416 e. The van der Waals surface area contributed by atoms with E-state index < -0.39 is 46.0 Å². The van der Waals surface area contributed by atoms with E-state index in [1.54, 1.807) is 18.2 Å². The van der Waals surface area contributed by atoms with Gasteiger partial charge < -0.3 is 23.7 Å². The number of benzene rings is 3. The van der Waals surface area contributed by atoms with Crippen LogP contribution in [0.1, 0.15) is 44.5 Å². The van der Waals surface area contributed by atoms with Crippen molar-refractivity contribution in [2.45, 2.75) is 57.2 Å². The van der Waals surface area contributed by atoms with Gasteiger partial charge in [-0.05, 0) is 93.9 Å². The molecule has 0 aliphatic heterocycles. The summed E-state index contributed by atoms with van der Waals surface area (Å²) in [6.07, 6.45) is -3.78. The predicted molar refractivity (Wildman–Crippen MR) is 185 cm³/mol. The average molecular weight is 701 g/mol. The number of rotatable bonds is 11. The standard InChI is InChI=1S/C36H40F4N4O4S/c1-6-47-25-12-14-28(29(19-25)34(45)21-41-31-15-11-23(17-30(31)37)36(38,39)40)35(46)48-26-10-8-9-24(18-26)44(5)49(7-2)27-13-16-33-32(20-27)42-22(3)43(33)4/h7-11,13,15-18,20,25,28-29,41H,6,12,14,19,21H2,1-5H3/t25-,28-,29?,49?/m0/s1. The van der Waals surface area contributed by atoms with Crippen LogP contribution in [0.25, 0.3) is 11.0 Å². The maximum absolute atomic E-state index is 14.4. The van der Waals surface area contributed by atoms with Crippen molar-refractivity contribution in [2.75, 3.05) is 29.8 Å². The number of esters is 1. The number of alkyl halides is 3. The van der Waals surface area contributed by atoms with Gasteiger partial charge in [0.25, 0.3) is 0 Å². The summed E-state index contributed by atoms with van der Waals surface area (Å²) in [6, 6.07) is 15.5. The number of aromatic nitrogens is 2. The second-order valence-corrected chi connectivity index (χ2v) is 14.1. The van der Waals surface area contributed by atoms with Crippen LogP contribution in [0.2, 0.25) is 0 Å². The van der Waals surface area contributed by atoms with Crippen LogP contribution in [-0.2, 0) is 27.5 Å². The Kier molecular flexibility index (Phi) is 11.1. The van der Waals surface area contributed by atoms with Crippen LogP contribution in [0.3, 0.4) is 0 Å². The SMILES string of the molecule is C/C=S(/c1ccc2c(c1)nc(C)n2C)N(C)c1cccc(OC(=O)[C@H]2CC[C@H](OCC)CC2C(=O)CNc2ccc(C(F)(F)F)cc2F)c1. The zero-order valence-electron chi connectivity index (χ0n) is 28.0. The Hall–Kier alpha value is -4.23. The van der Waals surface area contributed by atoms with Crippen molar-refractivity contribution in [2.24, 2.45) is 18.9 Å². The zero-order valence-corrected chi connectivity index (χ0v) is 28.8. The van der Waals surface area contributed by atoms with Crippen LogP contribution in [0, 0.1) is 24.6 Å². The van der Waals surface area contributed by atoms with Gasteiger partial charge in [-0.1, -0.05) is 16.7 Å². The number of carbonyl (C=O) groups excluding carboxylic acids is 2. The lowest BCUT2D eigenvalue weighted by atomic mass is 9.75. The lowest BCUT2D eigenvalue weighted by Gasteiger charge is -2.34. The summed E-state index contributed by atoms with van der Waals surface area (Å²) in [7, 11) is 3.51. The van der Waals surface area contributed by atoms with E-state index in [9.17, 15) is 27.2 Å². The van der Waals surface area contributed by atoms with E-state index in [-0.39, 0.29) is 30.5 Å². The smallest absolute Gasteiger partial charge is 0.416 e. The molecule has 1 heterocycles. The number of Topliss-reactive ketones (excluding diaryl/α,β-unsaturated/α-hetero) is 1. The minimum atomic E-state index is -4.70. The summed E-state index contributed by atoms with van der Waals surface area (Å²) in [4.78, 5) is 32.8. The topological polar surface area (TPSA) is 85.7 Å². The molecule has 1 aromatic heterocycles. The molecule has 4 aromatic rings. The summed E-state index contributed by atoms with van der Waals surface area (Å²) in [5.41, 5.74) is 1.41. The van der Waals surface area contributed by atoms with Crippen molar-refractivity contribution in [3.63, 3.8) is 0 Å². The van der Waals surface area contributed by atoms with Gasteiger partial charge >= 0.3 is 12.1 Å². The Bertz CT molecular complexity index is 1880. The van der Waals surface area contributed by atoms with Gasteiger partial charge in [0.15, 0.2) is 5.78 Å². The number of halogens is 4. The highest BCUT2D eigenvalue weighted by Gasteiger charge is 2.40. The first-order chi connectivity index (χ1) is 23.3. The van der Waals surface area contributed by atoms with Gasteiger partial charge in [-0.15, -0.1) is 0 Å². The van der Waals surface area contributed by atoms with Crippen molar-refractivity contribution >= 4 is 50.2 Å². The van der Waals surface area contributed by atoms with Crippen molar-refractivity contribution in [1.29, 1.82) is 0 Å². The molecule has 1 fully saturated rings. The van der Waals surface area contributed by atoms with Crippen LogP contribution in [0.4, 0.5) is 28.9 Å². The van der Waals surface area contributed by atoms with Gasteiger partial charge in [0, 0.05) is 37.6 Å². The fraction of sp³-hybridized carbons (Fsp3) is 0.389. The number of hydrogen-bond acceptors (Lipinski definition) is 7. The van der Waals surface area contributed by atoms with Gasteiger partial charge in [-0.2, -0.15) is 13.2 Å². The molecule has 2 unspecified atom stereocenters. The second kappa shape index (κ2) is 15.1. The van der Waals surface area contributed by atoms with Crippen molar-refractivity contribution < 1.29 is 36.6 Å².